The van der Waals surface area contributed by atoms with Crippen LogP contribution in [0.25, 0.3) is 0 Å². The molecule has 1 rings (SSSR count). The number of alkyl halides is 4. The van der Waals surface area contributed by atoms with E-state index < -0.39 is 12.6 Å². The van der Waals surface area contributed by atoms with Gasteiger partial charge in [-0.25, -0.2) is 0 Å². The van der Waals surface area contributed by atoms with Gasteiger partial charge < -0.3 is 5.32 Å². The first-order chi connectivity index (χ1) is 7.51. The van der Waals surface area contributed by atoms with Gasteiger partial charge in [0.05, 0.1) is 6.42 Å². The van der Waals surface area contributed by atoms with Crippen molar-refractivity contribution in [3.8, 4) is 0 Å². The van der Waals surface area contributed by atoms with Gasteiger partial charge in [0.2, 0.25) is 0 Å². The van der Waals surface area contributed by atoms with E-state index in [4.69, 9.17) is 11.6 Å². The number of benzene rings is 1. The van der Waals surface area contributed by atoms with Crippen molar-refractivity contribution in [3.63, 3.8) is 0 Å². The number of rotatable bonds is 5. The zero-order valence-electron chi connectivity index (χ0n) is 8.65. The maximum absolute atomic E-state index is 11.8. The Morgan fingerprint density at radius 3 is 2.50 bits per heavy atom. The summed E-state index contributed by atoms with van der Waals surface area (Å²) in [7, 11) is 0. The van der Waals surface area contributed by atoms with Crippen molar-refractivity contribution in [1.82, 2.24) is 5.32 Å². The lowest BCUT2D eigenvalue weighted by Crippen LogP contribution is -2.21. The van der Waals surface area contributed by atoms with Gasteiger partial charge in [0, 0.05) is 19.0 Å². The Morgan fingerprint density at radius 1 is 1.19 bits per heavy atom. The molecular weight excluding hydrogens is 239 g/mol. The quantitative estimate of drug-likeness (QED) is 0.624. The Bertz CT molecular complexity index is 325. The van der Waals surface area contributed by atoms with E-state index in [-0.39, 0.29) is 6.54 Å². The smallest absolute Gasteiger partial charge is 0.312 e. The highest BCUT2D eigenvalue weighted by Gasteiger charge is 2.25. The van der Waals surface area contributed by atoms with E-state index in [0.29, 0.717) is 12.4 Å². The molecule has 1 N–H and O–H groups in total. The van der Waals surface area contributed by atoms with Gasteiger partial charge in [-0.15, -0.1) is 11.6 Å². The first-order valence-electron chi connectivity index (χ1n) is 4.92. The highest BCUT2D eigenvalue weighted by molar-refractivity contribution is 6.17. The summed E-state index contributed by atoms with van der Waals surface area (Å²) in [5.41, 5.74) is 1.91. The minimum Gasteiger partial charge on any atom is -0.312 e. The van der Waals surface area contributed by atoms with Gasteiger partial charge in [0.15, 0.2) is 0 Å². The van der Waals surface area contributed by atoms with Crippen LogP contribution in [0.5, 0.6) is 0 Å². The molecule has 0 radical (unpaired) electrons. The second-order valence-electron chi connectivity index (χ2n) is 3.50. The van der Waals surface area contributed by atoms with Crippen molar-refractivity contribution < 1.29 is 13.2 Å². The van der Waals surface area contributed by atoms with E-state index in [9.17, 15) is 13.2 Å². The molecule has 1 nitrogen and oxygen atoms in total. The molecule has 0 bridgehead atoms. The lowest BCUT2D eigenvalue weighted by atomic mass is 10.1. The normalized spacial score (nSPS) is 11.8. The van der Waals surface area contributed by atoms with E-state index >= 15 is 0 Å². The Hall–Kier alpha value is -0.740. The summed E-state index contributed by atoms with van der Waals surface area (Å²) in [5.74, 6) is 0.413. The zero-order chi connectivity index (χ0) is 12.0. The van der Waals surface area contributed by atoms with Crippen molar-refractivity contribution in [2.45, 2.75) is 25.0 Å². The van der Waals surface area contributed by atoms with Crippen LogP contribution in [-0.4, -0.2) is 12.7 Å². The van der Waals surface area contributed by atoms with Crippen LogP contribution in [0.3, 0.4) is 0 Å². The molecule has 5 heteroatoms. The molecule has 0 amide bonds. The molecule has 0 unspecified atom stereocenters. The third-order valence-corrected chi connectivity index (χ3v) is 2.37. The van der Waals surface area contributed by atoms with E-state index in [2.05, 4.69) is 5.32 Å². The third kappa shape index (κ3) is 5.37. The van der Waals surface area contributed by atoms with Gasteiger partial charge in [0.1, 0.15) is 0 Å². The Balaban J connectivity index is 2.32. The van der Waals surface area contributed by atoms with Crippen LogP contribution in [0.4, 0.5) is 13.2 Å². The van der Waals surface area contributed by atoms with Crippen LogP contribution in [0.1, 0.15) is 17.5 Å². The molecular formula is C11H13ClF3N. The highest BCUT2D eigenvalue weighted by atomic mass is 35.5. The number of hydrogen-bond acceptors (Lipinski definition) is 1. The van der Waals surface area contributed by atoms with Gasteiger partial charge in [-0.2, -0.15) is 13.2 Å². The molecule has 0 fully saturated rings. The summed E-state index contributed by atoms with van der Waals surface area (Å²) >= 11 is 5.65. The average Bonchev–Trinajstić information content (AvgIpc) is 2.23. The summed E-state index contributed by atoms with van der Waals surface area (Å²) in [5, 5.41) is 2.75. The molecule has 0 heterocycles. The molecule has 0 aliphatic rings. The van der Waals surface area contributed by atoms with Crippen LogP contribution in [0.2, 0.25) is 0 Å². The second-order valence-corrected chi connectivity index (χ2v) is 3.76. The first-order valence-corrected chi connectivity index (χ1v) is 5.46. The SMILES string of the molecule is FC(F)(F)CCNCc1cccc(CCl)c1. The standard InChI is InChI=1S/C11H13ClF3N/c12-7-9-2-1-3-10(6-9)8-16-5-4-11(13,14)15/h1-3,6,16H,4-5,7-8H2. The minimum atomic E-state index is -4.09. The van der Waals surface area contributed by atoms with E-state index in [1.807, 2.05) is 24.3 Å². The van der Waals surface area contributed by atoms with Gasteiger partial charge in [-0.1, -0.05) is 24.3 Å². The van der Waals surface area contributed by atoms with Crippen LogP contribution in [0.15, 0.2) is 24.3 Å². The lowest BCUT2D eigenvalue weighted by Gasteiger charge is -2.08. The van der Waals surface area contributed by atoms with Gasteiger partial charge in [-0.05, 0) is 11.1 Å². The lowest BCUT2D eigenvalue weighted by molar-refractivity contribution is -0.133. The van der Waals surface area contributed by atoms with Crippen molar-refractivity contribution in [1.29, 1.82) is 0 Å². The fraction of sp³-hybridized carbons (Fsp3) is 0.455. The van der Waals surface area contributed by atoms with Crippen molar-refractivity contribution in [2.24, 2.45) is 0 Å². The predicted octanol–water partition coefficient (Wildman–Crippen LogP) is 3.47. The fourth-order valence-corrected chi connectivity index (χ4v) is 1.45. The van der Waals surface area contributed by atoms with Crippen molar-refractivity contribution >= 4 is 11.6 Å². The third-order valence-electron chi connectivity index (χ3n) is 2.06. The molecule has 90 valence electrons. The summed E-state index contributed by atoms with van der Waals surface area (Å²) in [6.07, 6.45) is -4.90. The summed E-state index contributed by atoms with van der Waals surface area (Å²) in [6, 6.07) is 7.47. The Morgan fingerprint density at radius 2 is 1.88 bits per heavy atom. The second kappa shape index (κ2) is 6.11. The molecule has 0 aliphatic carbocycles. The van der Waals surface area contributed by atoms with E-state index in [1.165, 1.54) is 0 Å². The number of nitrogens with one attached hydrogen (secondary N) is 1. The molecule has 0 saturated heterocycles. The van der Waals surface area contributed by atoms with Gasteiger partial charge in [0.25, 0.3) is 0 Å². The monoisotopic (exact) mass is 251 g/mol. The Labute approximate surface area is 97.6 Å². The molecule has 0 aliphatic heterocycles. The fourth-order valence-electron chi connectivity index (χ4n) is 1.29. The predicted molar refractivity (Wildman–Crippen MR) is 58.4 cm³/mol. The van der Waals surface area contributed by atoms with Crippen LogP contribution < -0.4 is 5.32 Å². The summed E-state index contributed by atoms with van der Waals surface area (Å²) < 4.78 is 35.5. The number of hydrogen-bond donors (Lipinski definition) is 1. The first kappa shape index (κ1) is 13.3. The minimum absolute atomic E-state index is 0.0609. The largest absolute Gasteiger partial charge is 0.390 e. The Kier molecular flexibility index (Phi) is 5.09. The van der Waals surface area contributed by atoms with Gasteiger partial charge >= 0.3 is 6.18 Å². The van der Waals surface area contributed by atoms with Gasteiger partial charge in [-0.3, -0.25) is 0 Å². The maximum atomic E-state index is 11.8. The summed E-state index contributed by atoms with van der Waals surface area (Å²) in [4.78, 5) is 0. The molecule has 0 aromatic heterocycles. The highest BCUT2D eigenvalue weighted by Crippen LogP contribution is 2.18. The zero-order valence-corrected chi connectivity index (χ0v) is 9.41. The number of halogens is 4. The molecule has 1 aromatic rings. The topological polar surface area (TPSA) is 12.0 Å². The molecule has 0 spiro atoms. The van der Waals surface area contributed by atoms with Crippen molar-refractivity contribution in [3.05, 3.63) is 35.4 Å². The van der Waals surface area contributed by atoms with Crippen molar-refractivity contribution in [2.75, 3.05) is 6.54 Å². The van der Waals surface area contributed by atoms with Crippen LogP contribution in [-0.2, 0) is 12.4 Å². The molecule has 1 aromatic carbocycles. The van der Waals surface area contributed by atoms with E-state index in [0.717, 1.165) is 11.1 Å². The average molecular weight is 252 g/mol. The van der Waals surface area contributed by atoms with E-state index in [1.54, 1.807) is 0 Å². The molecule has 0 atom stereocenters. The molecule has 0 saturated carbocycles. The van der Waals surface area contributed by atoms with Crippen LogP contribution >= 0.6 is 11.6 Å². The maximum Gasteiger partial charge on any atom is 0.390 e. The summed E-state index contributed by atoms with van der Waals surface area (Å²) in [6.45, 7) is 0.370. The molecule has 16 heavy (non-hydrogen) atoms. The van der Waals surface area contributed by atoms with Crippen LogP contribution in [0, 0.1) is 0 Å².